The van der Waals surface area contributed by atoms with Crippen LogP contribution in [0.4, 0.5) is 0 Å². The molecule has 1 aliphatic rings. The third-order valence-corrected chi connectivity index (χ3v) is 4.33. The van der Waals surface area contributed by atoms with Gasteiger partial charge in [-0.2, -0.15) is 0 Å². The Labute approximate surface area is 114 Å². The number of rotatable bonds is 5. The highest BCUT2D eigenvalue weighted by molar-refractivity contribution is 7.09. The zero-order valence-corrected chi connectivity index (χ0v) is 11.4. The molecule has 2 aromatic rings. The molecule has 1 saturated carbocycles. The van der Waals surface area contributed by atoms with E-state index in [1.54, 1.807) is 16.0 Å². The van der Waals surface area contributed by atoms with Crippen LogP contribution in [0.2, 0.25) is 0 Å². The van der Waals surface area contributed by atoms with E-state index in [-0.39, 0.29) is 5.69 Å². The molecule has 1 N–H and O–H groups in total. The summed E-state index contributed by atoms with van der Waals surface area (Å²) in [6, 6.07) is 0. The molecule has 0 saturated heterocycles. The highest BCUT2D eigenvalue weighted by Crippen LogP contribution is 2.41. The number of aromatic nitrogens is 4. The van der Waals surface area contributed by atoms with E-state index in [4.69, 9.17) is 5.11 Å². The Bertz CT molecular complexity index is 615. The maximum Gasteiger partial charge on any atom is 0.358 e. The Hall–Kier alpha value is -1.76. The molecule has 2 heterocycles. The van der Waals surface area contributed by atoms with E-state index in [1.807, 2.05) is 12.4 Å². The van der Waals surface area contributed by atoms with E-state index < -0.39 is 5.97 Å². The summed E-state index contributed by atoms with van der Waals surface area (Å²) in [7, 11) is 0. The van der Waals surface area contributed by atoms with Gasteiger partial charge < -0.3 is 5.11 Å². The van der Waals surface area contributed by atoms with Crippen LogP contribution in [-0.4, -0.2) is 31.1 Å². The number of carboxylic acids is 1. The second kappa shape index (κ2) is 4.73. The van der Waals surface area contributed by atoms with Crippen LogP contribution in [0, 0.1) is 6.92 Å². The number of aryl methyl sites for hydroxylation is 3. The second-order valence-corrected chi connectivity index (χ2v) is 5.68. The SMILES string of the molecule is Cc1ncsc1CCn1nnc(C(=O)O)c1C1CC1. The fourth-order valence-electron chi connectivity index (χ4n) is 2.17. The minimum atomic E-state index is -0.984. The minimum Gasteiger partial charge on any atom is -0.476 e. The molecule has 0 amide bonds. The first-order chi connectivity index (χ1) is 9.16. The first-order valence-electron chi connectivity index (χ1n) is 6.22. The summed E-state index contributed by atoms with van der Waals surface area (Å²) in [5, 5.41) is 16.9. The van der Waals surface area contributed by atoms with Crippen molar-refractivity contribution in [2.75, 3.05) is 0 Å². The lowest BCUT2D eigenvalue weighted by molar-refractivity contribution is 0.0689. The molecule has 0 spiro atoms. The van der Waals surface area contributed by atoms with Gasteiger partial charge in [-0.25, -0.2) is 14.5 Å². The molecular formula is C12H14N4O2S. The van der Waals surface area contributed by atoms with Crippen LogP contribution >= 0.6 is 11.3 Å². The lowest BCUT2D eigenvalue weighted by atomic mass is 10.2. The van der Waals surface area contributed by atoms with Crippen LogP contribution in [0.5, 0.6) is 0 Å². The third kappa shape index (κ3) is 2.37. The second-order valence-electron chi connectivity index (χ2n) is 4.74. The van der Waals surface area contributed by atoms with Gasteiger partial charge in [0.05, 0.1) is 16.9 Å². The fourth-order valence-corrected chi connectivity index (χ4v) is 2.94. The summed E-state index contributed by atoms with van der Waals surface area (Å²) in [5.74, 6) is -0.661. The first kappa shape index (κ1) is 12.3. The molecular weight excluding hydrogens is 264 g/mol. The lowest BCUT2D eigenvalue weighted by Gasteiger charge is -2.05. The summed E-state index contributed by atoms with van der Waals surface area (Å²) < 4.78 is 1.75. The van der Waals surface area contributed by atoms with Crippen molar-refractivity contribution in [2.24, 2.45) is 0 Å². The highest BCUT2D eigenvalue weighted by atomic mass is 32.1. The van der Waals surface area contributed by atoms with Crippen molar-refractivity contribution in [3.63, 3.8) is 0 Å². The summed E-state index contributed by atoms with van der Waals surface area (Å²) >= 11 is 1.62. The fraction of sp³-hybridized carbons (Fsp3) is 0.500. The third-order valence-electron chi connectivity index (χ3n) is 3.34. The molecule has 19 heavy (non-hydrogen) atoms. The molecule has 6 nitrogen and oxygen atoms in total. The zero-order valence-electron chi connectivity index (χ0n) is 10.5. The van der Waals surface area contributed by atoms with Gasteiger partial charge in [0, 0.05) is 23.8 Å². The van der Waals surface area contributed by atoms with Gasteiger partial charge in [0.15, 0.2) is 5.69 Å². The van der Waals surface area contributed by atoms with Gasteiger partial charge in [0.1, 0.15) is 0 Å². The Kier molecular flexibility index (Phi) is 3.06. The van der Waals surface area contributed by atoms with Crippen molar-refractivity contribution in [3.05, 3.63) is 27.5 Å². The number of hydrogen-bond acceptors (Lipinski definition) is 5. The molecule has 1 aliphatic carbocycles. The number of aromatic carboxylic acids is 1. The minimum absolute atomic E-state index is 0.114. The molecule has 0 unspecified atom stereocenters. The van der Waals surface area contributed by atoms with E-state index in [1.165, 1.54) is 4.88 Å². The van der Waals surface area contributed by atoms with Crippen molar-refractivity contribution in [1.82, 2.24) is 20.0 Å². The average molecular weight is 278 g/mol. The molecule has 1 fully saturated rings. The number of carboxylic acid groups (broad SMARTS) is 1. The Morgan fingerprint density at radius 3 is 2.95 bits per heavy atom. The number of carbonyl (C=O) groups is 1. The molecule has 7 heteroatoms. The summed E-state index contributed by atoms with van der Waals surface area (Å²) in [4.78, 5) is 16.6. The average Bonchev–Trinajstić information content (AvgIpc) is 2.99. The normalized spacial score (nSPS) is 14.8. The molecule has 0 aromatic carbocycles. The molecule has 0 atom stereocenters. The molecule has 3 rings (SSSR count). The first-order valence-corrected chi connectivity index (χ1v) is 7.10. The van der Waals surface area contributed by atoms with E-state index in [2.05, 4.69) is 15.3 Å². The van der Waals surface area contributed by atoms with E-state index in [0.717, 1.165) is 30.7 Å². The van der Waals surface area contributed by atoms with Gasteiger partial charge in [-0.3, -0.25) is 0 Å². The van der Waals surface area contributed by atoms with E-state index >= 15 is 0 Å². The van der Waals surface area contributed by atoms with Crippen molar-refractivity contribution in [2.45, 2.75) is 38.6 Å². The Morgan fingerprint density at radius 2 is 2.37 bits per heavy atom. The summed E-state index contributed by atoms with van der Waals surface area (Å²) in [6.07, 6.45) is 2.89. The summed E-state index contributed by atoms with van der Waals surface area (Å²) in [5.41, 5.74) is 3.77. The maximum absolute atomic E-state index is 11.1. The predicted molar refractivity (Wildman–Crippen MR) is 69.5 cm³/mol. The maximum atomic E-state index is 11.1. The smallest absolute Gasteiger partial charge is 0.358 e. The van der Waals surface area contributed by atoms with Gasteiger partial charge in [-0.05, 0) is 19.8 Å². The van der Waals surface area contributed by atoms with Crippen LogP contribution in [0.1, 0.15) is 45.5 Å². The Morgan fingerprint density at radius 1 is 1.58 bits per heavy atom. The predicted octanol–water partition coefficient (Wildman–Crippen LogP) is 1.86. The molecule has 2 aromatic heterocycles. The van der Waals surface area contributed by atoms with E-state index in [0.29, 0.717) is 12.5 Å². The zero-order chi connectivity index (χ0) is 13.4. The van der Waals surface area contributed by atoms with Crippen LogP contribution in [0.3, 0.4) is 0 Å². The highest BCUT2D eigenvalue weighted by Gasteiger charge is 2.33. The molecule has 100 valence electrons. The van der Waals surface area contributed by atoms with Gasteiger partial charge in [-0.15, -0.1) is 16.4 Å². The number of hydrogen-bond donors (Lipinski definition) is 1. The van der Waals surface area contributed by atoms with Crippen molar-refractivity contribution in [3.8, 4) is 0 Å². The summed E-state index contributed by atoms with van der Waals surface area (Å²) in [6.45, 7) is 2.65. The van der Waals surface area contributed by atoms with Crippen LogP contribution in [0.25, 0.3) is 0 Å². The van der Waals surface area contributed by atoms with Crippen LogP contribution in [0.15, 0.2) is 5.51 Å². The molecule has 0 aliphatic heterocycles. The van der Waals surface area contributed by atoms with Crippen molar-refractivity contribution in [1.29, 1.82) is 0 Å². The van der Waals surface area contributed by atoms with Gasteiger partial charge in [-0.1, -0.05) is 5.21 Å². The lowest BCUT2D eigenvalue weighted by Crippen LogP contribution is -2.09. The van der Waals surface area contributed by atoms with Crippen LogP contribution in [-0.2, 0) is 13.0 Å². The van der Waals surface area contributed by atoms with Crippen molar-refractivity contribution < 1.29 is 9.90 Å². The Balaban J connectivity index is 1.81. The topological polar surface area (TPSA) is 80.9 Å². The standard InChI is InChI=1S/C12H14N4O2S/c1-7-9(19-6-13-7)4-5-16-11(8-2-3-8)10(12(17)18)14-15-16/h6,8H,2-5H2,1H3,(H,17,18). The quantitative estimate of drug-likeness (QED) is 0.902. The molecule has 0 radical (unpaired) electrons. The largest absolute Gasteiger partial charge is 0.476 e. The van der Waals surface area contributed by atoms with Gasteiger partial charge >= 0.3 is 5.97 Å². The molecule has 0 bridgehead atoms. The van der Waals surface area contributed by atoms with Gasteiger partial charge in [0.25, 0.3) is 0 Å². The van der Waals surface area contributed by atoms with E-state index in [9.17, 15) is 4.79 Å². The number of nitrogens with zero attached hydrogens (tertiary/aromatic N) is 4. The van der Waals surface area contributed by atoms with Crippen LogP contribution < -0.4 is 0 Å². The van der Waals surface area contributed by atoms with Gasteiger partial charge in [0.2, 0.25) is 0 Å². The van der Waals surface area contributed by atoms with Crippen molar-refractivity contribution >= 4 is 17.3 Å². The monoisotopic (exact) mass is 278 g/mol. The number of thiazole rings is 1.